The van der Waals surface area contributed by atoms with Gasteiger partial charge in [0.15, 0.2) is 0 Å². The molecule has 0 fully saturated rings. The highest BCUT2D eigenvalue weighted by Gasteiger charge is 2.30. The largest absolute Gasteiger partial charge is 0.487 e. The topological polar surface area (TPSA) is 84.5 Å². The van der Waals surface area contributed by atoms with Crippen LogP contribution in [0.15, 0.2) is 18.2 Å². The van der Waals surface area contributed by atoms with E-state index in [1.807, 2.05) is 32.9 Å². The van der Waals surface area contributed by atoms with E-state index in [1.54, 1.807) is 0 Å². The molecular formula is C16H24N2O4S. The summed E-state index contributed by atoms with van der Waals surface area (Å²) in [5.41, 5.74) is 1.93. The van der Waals surface area contributed by atoms with E-state index in [4.69, 9.17) is 4.74 Å². The molecule has 2 rings (SSSR count). The van der Waals surface area contributed by atoms with Gasteiger partial charge in [0.05, 0.1) is 18.8 Å². The van der Waals surface area contributed by atoms with Crippen molar-refractivity contribution in [3.8, 4) is 5.75 Å². The average molecular weight is 340 g/mol. The lowest BCUT2D eigenvalue weighted by molar-refractivity contribution is -0.120. The summed E-state index contributed by atoms with van der Waals surface area (Å²) in [7, 11) is -3.37. The molecule has 23 heavy (non-hydrogen) atoms. The molecule has 0 saturated heterocycles. The van der Waals surface area contributed by atoms with Gasteiger partial charge < -0.3 is 10.1 Å². The lowest BCUT2D eigenvalue weighted by atomic mass is 9.97. The first kappa shape index (κ1) is 17.7. The number of carbonyl (C=O) groups excluding carboxylic acids is 1. The van der Waals surface area contributed by atoms with Crippen molar-refractivity contribution < 1.29 is 17.9 Å². The number of sulfonamides is 1. The Morgan fingerprint density at radius 2 is 2.09 bits per heavy atom. The van der Waals surface area contributed by atoms with Gasteiger partial charge in [0.2, 0.25) is 15.9 Å². The molecule has 1 amide bonds. The summed E-state index contributed by atoms with van der Waals surface area (Å²) in [4.78, 5) is 11.9. The van der Waals surface area contributed by atoms with Crippen LogP contribution >= 0.6 is 0 Å². The normalized spacial score (nSPS) is 17.2. The smallest absolute Gasteiger partial charge is 0.235 e. The third-order valence-electron chi connectivity index (χ3n) is 3.73. The molecule has 0 aromatic heterocycles. The van der Waals surface area contributed by atoms with E-state index in [-0.39, 0.29) is 24.1 Å². The molecule has 0 aliphatic carbocycles. The summed E-state index contributed by atoms with van der Waals surface area (Å²) >= 11 is 0. The molecule has 0 unspecified atom stereocenters. The van der Waals surface area contributed by atoms with E-state index in [1.165, 1.54) is 0 Å². The van der Waals surface area contributed by atoms with Crippen molar-refractivity contribution in [2.75, 3.05) is 12.8 Å². The van der Waals surface area contributed by atoms with Crippen LogP contribution in [0, 0.1) is 0 Å². The average Bonchev–Trinajstić information content (AvgIpc) is 2.74. The minimum Gasteiger partial charge on any atom is -0.487 e. The Kier molecular flexibility index (Phi) is 5.01. The van der Waals surface area contributed by atoms with Crippen molar-refractivity contribution in [2.24, 2.45) is 0 Å². The molecule has 0 spiro atoms. The maximum absolute atomic E-state index is 11.9. The first-order valence-electron chi connectivity index (χ1n) is 7.65. The highest BCUT2D eigenvalue weighted by atomic mass is 32.2. The Bertz CT molecular complexity index is 698. The first-order valence-corrected chi connectivity index (χ1v) is 9.54. The monoisotopic (exact) mass is 340 g/mol. The van der Waals surface area contributed by atoms with Crippen LogP contribution in [0.4, 0.5) is 0 Å². The number of amides is 1. The van der Waals surface area contributed by atoms with Gasteiger partial charge in [0.25, 0.3) is 0 Å². The second-order valence-electron chi connectivity index (χ2n) is 6.53. The molecule has 1 aliphatic heterocycles. The standard InChI is InChI=1S/C16H24N2O4S/c1-5-13(18-15(19)10-17-23(4,20)21)11-6-7-14-12(8-11)9-16(2,3)22-14/h6-8,13,17H,5,9-10H2,1-4H3,(H,18,19)/t13-/m1/s1. The zero-order chi connectivity index (χ0) is 17.3. The number of hydrogen-bond donors (Lipinski definition) is 2. The summed E-state index contributed by atoms with van der Waals surface area (Å²) in [5, 5.41) is 2.86. The molecule has 2 N–H and O–H groups in total. The molecule has 1 aliphatic rings. The molecule has 0 bridgehead atoms. The zero-order valence-corrected chi connectivity index (χ0v) is 14.8. The summed E-state index contributed by atoms with van der Waals surface area (Å²) < 4.78 is 30.1. The molecule has 0 saturated carbocycles. The number of nitrogens with one attached hydrogen (secondary N) is 2. The molecule has 1 aromatic rings. The van der Waals surface area contributed by atoms with Crippen LogP contribution in [-0.4, -0.2) is 32.7 Å². The lowest BCUT2D eigenvalue weighted by Crippen LogP contribution is -2.38. The van der Waals surface area contributed by atoms with Crippen LogP contribution in [0.3, 0.4) is 0 Å². The van der Waals surface area contributed by atoms with Gasteiger partial charge in [-0.1, -0.05) is 13.0 Å². The summed E-state index contributed by atoms with van der Waals surface area (Å²) in [6, 6.07) is 5.78. The number of hydrogen-bond acceptors (Lipinski definition) is 4. The van der Waals surface area contributed by atoms with Gasteiger partial charge >= 0.3 is 0 Å². The van der Waals surface area contributed by atoms with Gasteiger partial charge in [0.1, 0.15) is 11.4 Å². The predicted octanol–water partition coefficient (Wildman–Crippen LogP) is 1.52. The van der Waals surface area contributed by atoms with Gasteiger partial charge in [-0.15, -0.1) is 0 Å². The number of carbonyl (C=O) groups is 1. The Labute approximate surface area is 137 Å². The fourth-order valence-corrected chi connectivity index (χ4v) is 3.10. The number of fused-ring (bicyclic) bond motifs is 1. The SMILES string of the molecule is CC[C@@H](NC(=O)CNS(C)(=O)=O)c1ccc2c(c1)CC(C)(C)O2. The lowest BCUT2D eigenvalue weighted by Gasteiger charge is -2.18. The van der Waals surface area contributed by atoms with Crippen LogP contribution < -0.4 is 14.8 Å². The summed E-state index contributed by atoms with van der Waals surface area (Å²) in [6.07, 6.45) is 2.57. The predicted molar refractivity (Wildman–Crippen MR) is 88.9 cm³/mol. The number of ether oxygens (including phenoxy) is 1. The Hall–Kier alpha value is -1.60. The maximum atomic E-state index is 11.9. The van der Waals surface area contributed by atoms with Crippen LogP contribution in [-0.2, 0) is 21.2 Å². The number of benzene rings is 1. The van der Waals surface area contributed by atoms with E-state index < -0.39 is 10.0 Å². The number of rotatable bonds is 6. The zero-order valence-electron chi connectivity index (χ0n) is 14.0. The molecule has 7 heteroatoms. The molecule has 1 atom stereocenters. The van der Waals surface area contributed by atoms with Gasteiger partial charge in [-0.05, 0) is 43.5 Å². The van der Waals surface area contributed by atoms with Gasteiger partial charge in [0, 0.05) is 6.42 Å². The summed E-state index contributed by atoms with van der Waals surface area (Å²) in [5.74, 6) is 0.540. The van der Waals surface area contributed by atoms with Crippen molar-refractivity contribution in [1.29, 1.82) is 0 Å². The van der Waals surface area contributed by atoms with Crippen molar-refractivity contribution in [2.45, 2.75) is 45.3 Å². The molecule has 1 aromatic carbocycles. The molecule has 1 heterocycles. The molecule has 128 valence electrons. The van der Waals surface area contributed by atoms with Gasteiger partial charge in [-0.2, -0.15) is 0 Å². The van der Waals surface area contributed by atoms with E-state index in [0.29, 0.717) is 6.42 Å². The summed E-state index contributed by atoms with van der Waals surface area (Å²) in [6.45, 7) is 5.81. The van der Waals surface area contributed by atoms with Crippen molar-refractivity contribution in [1.82, 2.24) is 10.0 Å². The van der Waals surface area contributed by atoms with E-state index >= 15 is 0 Å². The highest BCUT2D eigenvalue weighted by molar-refractivity contribution is 7.88. The van der Waals surface area contributed by atoms with Crippen molar-refractivity contribution in [3.63, 3.8) is 0 Å². The van der Waals surface area contributed by atoms with Crippen LogP contribution in [0.2, 0.25) is 0 Å². The Balaban J connectivity index is 2.06. The van der Waals surface area contributed by atoms with E-state index in [0.717, 1.165) is 29.6 Å². The fourth-order valence-electron chi connectivity index (χ4n) is 2.71. The Morgan fingerprint density at radius 1 is 1.39 bits per heavy atom. The van der Waals surface area contributed by atoms with Crippen LogP contribution in [0.25, 0.3) is 0 Å². The highest BCUT2D eigenvalue weighted by Crippen LogP contribution is 2.36. The molecule has 0 radical (unpaired) electrons. The third kappa shape index (κ3) is 4.94. The van der Waals surface area contributed by atoms with Crippen molar-refractivity contribution in [3.05, 3.63) is 29.3 Å². The van der Waals surface area contributed by atoms with E-state index in [2.05, 4.69) is 16.1 Å². The van der Waals surface area contributed by atoms with Crippen molar-refractivity contribution >= 4 is 15.9 Å². The van der Waals surface area contributed by atoms with Crippen LogP contribution in [0.5, 0.6) is 5.75 Å². The first-order chi connectivity index (χ1) is 10.6. The Morgan fingerprint density at radius 3 is 2.70 bits per heavy atom. The van der Waals surface area contributed by atoms with E-state index in [9.17, 15) is 13.2 Å². The minimum absolute atomic E-state index is 0.155. The fraction of sp³-hybridized carbons (Fsp3) is 0.562. The molecule has 6 nitrogen and oxygen atoms in total. The quantitative estimate of drug-likeness (QED) is 0.822. The van der Waals surface area contributed by atoms with Gasteiger partial charge in [-0.25, -0.2) is 13.1 Å². The second-order valence-corrected chi connectivity index (χ2v) is 8.36. The van der Waals surface area contributed by atoms with Crippen LogP contribution in [0.1, 0.15) is 44.4 Å². The third-order valence-corrected chi connectivity index (χ3v) is 4.40. The van der Waals surface area contributed by atoms with Gasteiger partial charge in [-0.3, -0.25) is 4.79 Å². The maximum Gasteiger partial charge on any atom is 0.235 e. The molecular weight excluding hydrogens is 316 g/mol. The second kappa shape index (κ2) is 6.49. The minimum atomic E-state index is -3.37.